The molecule has 1 unspecified atom stereocenters. The Morgan fingerprint density at radius 1 is 1.37 bits per heavy atom. The van der Waals surface area contributed by atoms with E-state index in [0.717, 1.165) is 4.90 Å². The van der Waals surface area contributed by atoms with E-state index in [9.17, 15) is 4.79 Å². The van der Waals surface area contributed by atoms with Crippen molar-refractivity contribution in [3.8, 4) is 6.07 Å². The molecule has 1 heterocycles. The number of carbonyl (C=O) groups excluding carboxylic acids is 1. The topological polar surface area (TPSA) is 54.0 Å². The Labute approximate surface area is 120 Å². The van der Waals surface area contributed by atoms with Gasteiger partial charge in [0.05, 0.1) is 18.1 Å². The van der Waals surface area contributed by atoms with E-state index in [1.165, 1.54) is 18.0 Å². The van der Waals surface area contributed by atoms with E-state index in [0.29, 0.717) is 10.8 Å². The number of rotatable bonds is 5. The first kappa shape index (κ1) is 13.7. The second-order valence-electron chi connectivity index (χ2n) is 3.79. The highest BCUT2D eigenvalue weighted by Crippen LogP contribution is 2.24. The standard InChI is InChI=1S/C14H10ClNO2S/c15-10-3-5-11(6-4-10)19-9-13(17)12(8-16)14-2-1-7-18-14/h1-7,12H,9H2. The molecule has 0 amide bonds. The van der Waals surface area contributed by atoms with Crippen molar-refractivity contribution in [2.45, 2.75) is 10.8 Å². The third kappa shape index (κ3) is 3.63. The van der Waals surface area contributed by atoms with Gasteiger partial charge in [-0.3, -0.25) is 4.79 Å². The average Bonchev–Trinajstić information content (AvgIpc) is 2.93. The van der Waals surface area contributed by atoms with Crippen LogP contribution in [0.4, 0.5) is 0 Å². The fraction of sp³-hybridized carbons (Fsp3) is 0.143. The molecule has 2 rings (SSSR count). The molecule has 0 saturated heterocycles. The molecule has 2 aromatic rings. The molecule has 5 heteroatoms. The first-order chi connectivity index (χ1) is 9.20. The molecule has 0 aliphatic rings. The van der Waals surface area contributed by atoms with Crippen LogP contribution in [0.3, 0.4) is 0 Å². The van der Waals surface area contributed by atoms with Crippen molar-refractivity contribution in [3.05, 3.63) is 53.4 Å². The number of halogens is 1. The van der Waals surface area contributed by atoms with E-state index < -0.39 is 5.92 Å². The van der Waals surface area contributed by atoms with Gasteiger partial charge in [0.25, 0.3) is 0 Å². The Morgan fingerprint density at radius 3 is 2.68 bits per heavy atom. The van der Waals surface area contributed by atoms with Crippen molar-refractivity contribution < 1.29 is 9.21 Å². The summed E-state index contributed by atoms with van der Waals surface area (Å²) in [5.41, 5.74) is 0. The number of thioether (sulfide) groups is 1. The fourth-order valence-electron chi connectivity index (χ4n) is 1.52. The Morgan fingerprint density at radius 2 is 2.11 bits per heavy atom. The molecule has 3 nitrogen and oxygen atoms in total. The molecule has 19 heavy (non-hydrogen) atoms. The maximum Gasteiger partial charge on any atom is 0.167 e. The van der Waals surface area contributed by atoms with Gasteiger partial charge in [-0.2, -0.15) is 5.26 Å². The van der Waals surface area contributed by atoms with E-state index in [-0.39, 0.29) is 11.5 Å². The van der Waals surface area contributed by atoms with E-state index in [2.05, 4.69) is 0 Å². The summed E-state index contributed by atoms with van der Waals surface area (Å²) in [6.45, 7) is 0. The van der Waals surface area contributed by atoms with Gasteiger partial charge >= 0.3 is 0 Å². The quantitative estimate of drug-likeness (QED) is 0.784. The smallest absolute Gasteiger partial charge is 0.167 e. The van der Waals surface area contributed by atoms with Crippen LogP contribution in [-0.2, 0) is 4.79 Å². The molecule has 0 N–H and O–H groups in total. The monoisotopic (exact) mass is 291 g/mol. The van der Waals surface area contributed by atoms with E-state index in [1.807, 2.05) is 18.2 Å². The molecular weight excluding hydrogens is 282 g/mol. The maximum absolute atomic E-state index is 12.0. The van der Waals surface area contributed by atoms with Crippen LogP contribution in [0.5, 0.6) is 0 Å². The summed E-state index contributed by atoms with van der Waals surface area (Å²) in [7, 11) is 0. The summed E-state index contributed by atoms with van der Waals surface area (Å²) in [5, 5.41) is 9.70. The Kier molecular flexibility index (Phi) is 4.67. The molecule has 0 aliphatic heterocycles. The van der Waals surface area contributed by atoms with Crippen LogP contribution in [0.2, 0.25) is 5.02 Å². The van der Waals surface area contributed by atoms with Gasteiger partial charge in [-0.05, 0) is 36.4 Å². The lowest BCUT2D eigenvalue weighted by molar-refractivity contribution is -0.117. The first-order valence-electron chi connectivity index (χ1n) is 5.55. The van der Waals surface area contributed by atoms with Crippen LogP contribution in [-0.4, -0.2) is 11.5 Å². The highest BCUT2D eigenvalue weighted by molar-refractivity contribution is 8.00. The van der Waals surface area contributed by atoms with Crippen molar-refractivity contribution >= 4 is 29.1 Å². The van der Waals surface area contributed by atoms with Gasteiger partial charge in [0.15, 0.2) is 11.7 Å². The van der Waals surface area contributed by atoms with Crippen LogP contribution in [0, 0.1) is 11.3 Å². The molecule has 0 saturated carbocycles. The van der Waals surface area contributed by atoms with Gasteiger partial charge in [-0.1, -0.05) is 11.6 Å². The summed E-state index contributed by atoms with van der Waals surface area (Å²) in [5.74, 6) is -0.392. The normalized spacial score (nSPS) is 11.8. The van der Waals surface area contributed by atoms with E-state index in [1.54, 1.807) is 24.3 Å². The molecule has 1 aromatic heterocycles. The van der Waals surface area contributed by atoms with Crippen LogP contribution in [0.25, 0.3) is 0 Å². The third-order valence-corrected chi connectivity index (χ3v) is 3.76. The summed E-state index contributed by atoms with van der Waals surface area (Å²) >= 11 is 7.16. The third-order valence-electron chi connectivity index (χ3n) is 2.47. The Hall–Kier alpha value is -1.70. The summed E-state index contributed by atoms with van der Waals surface area (Å²) in [4.78, 5) is 12.9. The maximum atomic E-state index is 12.0. The summed E-state index contributed by atoms with van der Waals surface area (Å²) < 4.78 is 5.11. The molecule has 1 aromatic carbocycles. The molecule has 0 fully saturated rings. The van der Waals surface area contributed by atoms with Gasteiger partial charge in [-0.25, -0.2) is 0 Å². The molecule has 96 valence electrons. The Balaban J connectivity index is 1.97. The molecule has 0 spiro atoms. The number of carbonyl (C=O) groups is 1. The molecular formula is C14H10ClNO2S. The highest BCUT2D eigenvalue weighted by Gasteiger charge is 2.22. The highest BCUT2D eigenvalue weighted by atomic mass is 35.5. The fourth-order valence-corrected chi connectivity index (χ4v) is 2.45. The Bertz CT molecular complexity index is 587. The number of hydrogen-bond donors (Lipinski definition) is 0. The number of Topliss-reactive ketones (excluding diaryl/α,β-unsaturated/α-hetero) is 1. The zero-order valence-corrected chi connectivity index (χ0v) is 11.4. The van der Waals surface area contributed by atoms with Gasteiger partial charge < -0.3 is 4.42 Å². The SMILES string of the molecule is N#CC(C(=O)CSc1ccc(Cl)cc1)c1ccco1. The summed E-state index contributed by atoms with van der Waals surface area (Å²) in [6.07, 6.45) is 1.46. The molecule has 0 aliphatic carbocycles. The lowest BCUT2D eigenvalue weighted by Crippen LogP contribution is -2.12. The van der Waals surface area contributed by atoms with Gasteiger partial charge in [-0.15, -0.1) is 11.8 Å². The van der Waals surface area contributed by atoms with Crippen molar-refractivity contribution in [2.75, 3.05) is 5.75 Å². The van der Waals surface area contributed by atoms with Crippen LogP contribution in [0.15, 0.2) is 52.0 Å². The zero-order valence-electron chi connectivity index (χ0n) is 9.88. The van der Waals surface area contributed by atoms with Crippen molar-refractivity contribution in [3.63, 3.8) is 0 Å². The van der Waals surface area contributed by atoms with Crippen LogP contribution < -0.4 is 0 Å². The lowest BCUT2D eigenvalue weighted by Gasteiger charge is -2.05. The zero-order chi connectivity index (χ0) is 13.7. The molecule has 0 radical (unpaired) electrons. The average molecular weight is 292 g/mol. The van der Waals surface area contributed by atoms with E-state index in [4.69, 9.17) is 21.3 Å². The number of nitriles is 1. The lowest BCUT2D eigenvalue weighted by atomic mass is 10.0. The minimum Gasteiger partial charge on any atom is -0.467 e. The van der Waals surface area contributed by atoms with Crippen molar-refractivity contribution in [2.24, 2.45) is 0 Å². The summed E-state index contributed by atoms with van der Waals surface area (Å²) in [6, 6.07) is 12.5. The minimum absolute atomic E-state index is 0.169. The van der Waals surface area contributed by atoms with Crippen molar-refractivity contribution in [1.82, 2.24) is 0 Å². The largest absolute Gasteiger partial charge is 0.467 e. The number of ketones is 1. The van der Waals surface area contributed by atoms with Gasteiger partial charge in [0.1, 0.15) is 5.76 Å². The predicted octanol–water partition coefficient (Wildman–Crippen LogP) is 3.90. The number of furan rings is 1. The van der Waals surface area contributed by atoms with Crippen molar-refractivity contribution in [1.29, 1.82) is 5.26 Å². The minimum atomic E-state index is -0.838. The van der Waals surface area contributed by atoms with E-state index >= 15 is 0 Å². The van der Waals surface area contributed by atoms with Gasteiger partial charge in [0.2, 0.25) is 0 Å². The molecule has 1 atom stereocenters. The second-order valence-corrected chi connectivity index (χ2v) is 5.27. The number of nitrogens with zero attached hydrogens (tertiary/aromatic N) is 1. The number of benzene rings is 1. The number of hydrogen-bond acceptors (Lipinski definition) is 4. The van der Waals surface area contributed by atoms with Gasteiger partial charge in [0, 0.05) is 9.92 Å². The van der Waals surface area contributed by atoms with Crippen LogP contribution in [0.1, 0.15) is 11.7 Å². The van der Waals surface area contributed by atoms with Crippen LogP contribution >= 0.6 is 23.4 Å². The molecule has 0 bridgehead atoms. The second kappa shape index (κ2) is 6.46. The first-order valence-corrected chi connectivity index (χ1v) is 6.91. The predicted molar refractivity (Wildman–Crippen MR) is 74.2 cm³/mol.